The molecule has 6 nitrogen and oxygen atoms in total. The minimum absolute atomic E-state index is 0.0404. The van der Waals surface area contributed by atoms with Gasteiger partial charge in [0.15, 0.2) is 0 Å². The highest BCUT2D eigenvalue weighted by Crippen LogP contribution is 2.22. The summed E-state index contributed by atoms with van der Waals surface area (Å²) in [6.07, 6.45) is 4.78. The van der Waals surface area contributed by atoms with Crippen molar-refractivity contribution in [2.45, 2.75) is 33.2 Å². The van der Waals surface area contributed by atoms with Gasteiger partial charge in [-0.1, -0.05) is 13.8 Å². The fraction of sp³-hybridized carbons (Fsp3) is 0.722. The number of rotatable bonds is 3. The van der Waals surface area contributed by atoms with Crippen molar-refractivity contribution in [3.05, 3.63) is 18.5 Å². The molecule has 0 unspecified atom stereocenters. The van der Waals surface area contributed by atoms with Gasteiger partial charge in [0.1, 0.15) is 0 Å². The number of carbonyl (C=O) groups is 1. The van der Waals surface area contributed by atoms with Gasteiger partial charge < -0.3 is 9.80 Å². The van der Waals surface area contributed by atoms with Crippen molar-refractivity contribution >= 4 is 11.9 Å². The molecular formula is C18H29N5O. The Bertz CT molecular complexity index is 534. The molecule has 2 aliphatic heterocycles. The molecule has 0 N–H and O–H groups in total. The van der Waals surface area contributed by atoms with Crippen LogP contribution in [0.5, 0.6) is 0 Å². The summed E-state index contributed by atoms with van der Waals surface area (Å²) in [6, 6.07) is 1.79. The molecule has 6 heteroatoms. The molecule has 2 aliphatic rings. The van der Waals surface area contributed by atoms with E-state index < -0.39 is 0 Å². The zero-order valence-electron chi connectivity index (χ0n) is 15.1. The Morgan fingerprint density at radius 1 is 1.08 bits per heavy atom. The summed E-state index contributed by atoms with van der Waals surface area (Å²) in [6.45, 7) is 11.9. The first-order valence-corrected chi connectivity index (χ1v) is 9.09. The minimum atomic E-state index is -0.0404. The summed E-state index contributed by atoms with van der Waals surface area (Å²) in [7, 11) is 0. The van der Waals surface area contributed by atoms with Gasteiger partial charge in [0.25, 0.3) is 0 Å². The maximum Gasteiger partial charge on any atom is 0.239 e. The van der Waals surface area contributed by atoms with Gasteiger partial charge >= 0.3 is 0 Å². The number of anilines is 1. The average Bonchev–Trinajstić information content (AvgIpc) is 2.60. The van der Waals surface area contributed by atoms with Crippen LogP contribution >= 0.6 is 0 Å². The lowest BCUT2D eigenvalue weighted by Gasteiger charge is -2.41. The van der Waals surface area contributed by atoms with Crippen molar-refractivity contribution < 1.29 is 4.79 Å². The van der Waals surface area contributed by atoms with Crippen molar-refractivity contribution in [2.24, 2.45) is 11.8 Å². The second-order valence-electron chi connectivity index (χ2n) is 7.44. The Balaban J connectivity index is 1.55. The molecule has 3 rings (SSSR count). The van der Waals surface area contributed by atoms with Crippen LogP contribution in [0.3, 0.4) is 0 Å². The molecule has 0 aromatic carbocycles. The third kappa shape index (κ3) is 3.86. The van der Waals surface area contributed by atoms with Crippen LogP contribution in [0, 0.1) is 11.8 Å². The number of carbonyl (C=O) groups excluding carboxylic acids is 1. The summed E-state index contributed by atoms with van der Waals surface area (Å²) in [5, 5.41) is 0. The standard InChI is InChI=1S/C18H29N5O/c1-14-11-15(2)13-23(12-14)17(24)16(3)21-7-9-22(10-8-21)18-19-5-4-6-20-18/h4-6,14-16H,7-13H2,1-3H3/t14-,15+,16-/m0/s1. The van der Waals surface area contributed by atoms with Crippen molar-refractivity contribution in [1.29, 1.82) is 0 Å². The van der Waals surface area contributed by atoms with E-state index in [9.17, 15) is 4.79 Å². The third-order valence-corrected chi connectivity index (χ3v) is 5.23. The van der Waals surface area contributed by atoms with Gasteiger partial charge in [-0.15, -0.1) is 0 Å². The maximum atomic E-state index is 12.9. The highest BCUT2D eigenvalue weighted by atomic mass is 16.2. The first-order valence-electron chi connectivity index (χ1n) is 9.09. The Labute approximate surface area is 144 Å². The molecule has 0 spiro atoms. The second kappa shape index (κ2) is 7.47. The number of likely N-dealkylation sites (tertiary alicyclic amines) is 1. The number of nitrogens with zero attached hydrogens (tertiary/aromatic N) is 5. The van der Waals surface area contributed by atoms with Gasteiger partial charge in [-0.25, -0.2) is 9.97 Å². The largest absolute Gasteiger partial charge is 0.341 e. The Kier molecular flexibility index (Phi) is 5.33. The van der Waals surface area contributed by atoms with Gasteiger partial charge in [0.2, 0.25) is 11.9 Å². The van der Waals surface area contributed by atoms with Crippen LogP contribution in [0.15, 0.2) is 18.5 Å². The Hall–Kier alpha value is -1.69. The van der Waals surface area contributed by atoms with Gasteiger partial charge in [-0.3, -0.25) is 9.69 Å². The van der Waals surface area contributed by atoms with Crippen LogP contribution in [-0.4, -0.2) is 71.0 Å². The predicted molar refractivity (Wildman–Crippen MR) is 94.8 cm³/mol. The molecule has 3 heterocycles. The molecule has 1 amide bonds. The van der Waals surface area contributed by atoms with Crippen molar-refractivity contribution in [2.75, 3.05) is 44.2 Å². The molecule has 1 aromatic rings. The van der Waals surface area contributed by atoms with E-state index in [1.165, 1.54) is 6.42 Å². The smallest absolute Gasteiger partial charge is 0.239 e. The third-order valence-electron chi connectivity index (χ3n) is 5.23. The highest BCUT2D eigenvalue weighted by Gasteiger charge is 2.32. The number of piperazine rings is 1. The van der Waals surface area contributed by atoms with Gasteiger partial charge in [-0.2, -0.15) is 0 Å². The normalized spacial score (nSPS) is 27.1. The topological polar surface area (TPSA) is 52.6 Å². The van der Waals surface area contributed by atoms with Crippen LogP contribution < -0.4 is 4.90 Å². The molecule has 0 saturated carbocycles. The van der Waals surface area contributed by atoms with Crippen molar-refractivity contribution in [3.8, 4) is 0 Å². The molecule has 3 atom stereocenters. The number of hydrogen-bond donors (Lipinski definition) is 0. The molecule has 0 bridgehead atoms. The van der Waals surface area contributed by atoms with E-state index in [1.54, 1.807) is 12.4 Å². The van der Waals surface area contributed by atoms with E-state index in [1.807, 2.05) is 6.07 Å². The lowest BCUT2D eigenvalue weighted by molar-refractivity contribution is -0.139. The Morgan fingerprint density at radius 3 is 2.25 bits per heavy atom. The molecule has 0 radical (unpaired) electrons. The Morgan fingerprint density at radius 2 is 1.67 bits per heavy atom. The summed E-state index contributed by atoms with van der Waals surface area (Å²) in [5.41, 5.74) is 0. The van der Waals surface area contributed by atoms with Gasteiger partial charge in [0.05, 0.1) is 6.04 Å². The van der Waals surface area contributed by atoms with Gasteiger partial charge in [0, 0.05) is 51.7 Å². The minimum Gasteiger partial charge on any atom is -0.341 e. The predicted octanol–water partition coefficient (Wildman–Crippen LogP) is 1.49. The SMILES string of the molecule is C[C@@H]1C[C@H](C)CN(C(=O)[C@H](C)N2CCN(c3ncccn3)CC2)C1. The molecule has 24 heavy (non-hydrogen) atoms. The number of aromatic nitrogens is 2. The molecule has 2 fully saturated rings. The highest BCUT2D eigenvalue weighted by molar-refractivity contribution is 5.81. The fourth-order valence-electron chi connectivity index (χ4n) is 4.03. The zero-order valence-corrected chi connectivity index (χ0v) is 15.1. The molecule has 132 valence electrons. The quantitative estimate of drug-likeness (QED) is 0.840. The molecule has 1 aromatic heterocycles. The van der Waals surface area contributed by atoms with Crippen molar-refractivity contribution in [3.63, 3.8) is 0 Å². The maximum absolute atomic E-state index is 12.9. The fourth-order valence-corrected chi connectivity index (χ4v) is 4.03. The van der Waals surface area contributed by atoms with E-state index in [-0.39, 0.29) is 11.9 Å². The monoisotopic (exact) mass is 331 g/mol. The summed E-state index contributed by atoms with van der Waals surface area (Å²) in [5.74, 6) is 2.29. The lowest BCUT2D eigenvalue weighted by atomic mass is 9.91. The van der Waals surface area contributed by atoms with Crippen molar-refractivity contribution in [1.82, 2.24) is 19.8 Å². The number of piperidine rings is 1. The summed E-state index contributed by atoms with van der Waals surface area (Å²) < 4.78 is 0. The first kappa shape index (κ1) is 17.1. The lowest BCUT2D eigenvalue weighted by Crippen LogP contribution is -2.56. The molecule has 0 aliphatic carbocycles. The van der Waals surface area contributed by atoms with E-state index >= 15 is 0 Å². The summed E-state index contributed by atoms with van der Waals surface area (Å²) >= 11 is 0. The van der Waals surface area contributed by atoms with Gasteiger partial charge in [-0.05, 0) is 31.2 Å². The van der Waals surface area contributed by atoms with Crippen LogP contribution in [0.1, 0.15) is 27.2 Å². The first-order chi connectivity index (χ1) is 11.5. The van der Waals surface area contributed by atoms with E-state index in [0.29, 0.717) is 11.8 Å². The van der Waals surface area contributed by atoms with E-state index in [2.05, 4.69) is 45.4 Å². The zero-order chi connectivity index (χ0) is 17.1. The average molecular weight is 331 g/mol. The second-order valence-corrected chi connectivity index (χ2v) is 7.44. The number of amides is 1. The van der Waals surface area contributed by atoms with Crippen LogP contribution in [0.4, 0.5) is 5.95 Å². The molecular weight excluding hydrogens is 302 g/mol. The van der Waals surface area contributed by atoms with Crippen LogP contribution in [0.25, 0.3) is 0 Å². The van der Waals surface area contributed by atoms with E-state index in [4.69, 9.17) is 0 Å². The van der Waals surface area contributed by atoms with Crippen LogP contribution in [0.2, 0.25) is 0 Å². The summed E-state index contributed by atoms with van der Waals surface area (Å²) in [4.78, 5) is 28.1. The molecule has 2 saturated heterocycles. The number of hydrogen-bond acceptors (Lipinski definition) is 5. The van der Waals surface area contributed by atoms with E-state index in [0.717, 1.165) is 45.2 Å². The van der Waals surface area contributed by atoms with Crippen LogP contribution in [-0.2, 0) is 4.79 Å².